The molecule has 0 rings (SSSR count). The molecule has 0 aliphatic heterocycles. The Hall–Kier alpha value is 0.310. The smallest absolute Gasteiger partial charge is 0.237 e. The Bertz CT molecular complexity index is 62.7. The van der Waals surface area contributed by atoms with Crippen LogP contribution in [0.5, 0.6) is 0 Å². The van der Waals surface area contributed by atoms with Crippen LogP contribution < -0.4 is 0 Å². The first-order valence-corrected chi connectivity index (χ1v) is 3.64. The average Bonchev–Trinajstić information content (AvgIpc) is 1.61. The molecule has 0 N–H and O–H groups in total. The second kappa shape index (κ2) is 4.47. The van der Waals surface area contributed by atoms with Crippen molar-refractivity contribution in [3.63, 3.8) is 0 Å². The van der Waals surface area contributed by atoms with Gasteiger partial charge in [-0.1, -0.05) is 0 Å². The summed E-state index contributed by atoms with van der Waals surface area (Å²) < 4.78 is 4.79. The fourth-order valence-electron chi connectivity index (χ4n) is 0.132. The summed E-state index contributed by atoms with van der Waals surface area (Å²) >= 11 is 6.89. The lowest BCUT2D eigenvalue weighted by Crippen LogP contribution is -1.87. The van der Waals surface area contributed by atoms with Crippen LogP contribution in [0.15, 0.2) is 0 Å². The van der Waals surface area contributed by atoms with E-state index in [-0.39, 0.29) is 5.56 Å². The summed E-state index contributed by atoms with van der Waals surface area (Å²) in [5.41, 5.74) is 1.41. The Morgan fingerprint density at radius 2 is 2.43 bits per heavy atom. The van der Waals surface area contributed by atoms with Crippen molar-refractivity contribution in [2.24, 2.45) is 0 Å². The van der Waals surface area contributed by atoms with Gasteiger partial charge in [-0.15, -0.1) is 0 Å². The van der Waals surface area contributed by atoms with Gasteiger partial charge < -0.3 is 0 Å². The van der Waals surface area contributed by atoms with Crippen LogP contribution in [0.2, 0.25) is 0 Å². The van der Waals surface area contributed by atoms with Crippen LogP contribution in [-0.4, -0.2) is 17.4 Å². The highest BCUT2D eigenvalue weighted by atomic mass is 35.5. The third-order valence-corrected chi connectivity index (χ3v) is 0.746. The van der Waals surface area contributed by atoms with Crippen LogP contribution >= 0.6 is 23.4 Å². The highest BCUT2D eigenvalue weighted by Gasteiger charge is 1.97. The van der Waals surface area contributed by atoms with Gasteiger partial charge in [0.15, 0.2) is 0 Å². The molecule has 0 saturated carbocycles. The molecule has 0 aromatic rings. The number of carbonyl (C=O) groups excluding carboxylic acids is 1. The van der Waals surface area contributed by atoms with E-state index in [4.69, 9.17) is 16.0 Å². The SMILES string of the molecule is CSC=[O+]C(C)Cl. The monoisotopic (exact) mass is 139 g/mol. The van der Waals surface area contributed by atoms with Gasteiger partial charge in [-0.3, -0.25) is 0 Å². The Kier molecular flexibility index (Phi) is 4.67. The van der Waals surface area contributed by atoms with Gasteiger partial charge in [0.05, 0.1) is 0 Å². The molecule has 0 spiro atoms. The molecule has 0 aliphatic carbocycles. The fraction of sp³-hybridized carbons (Fsp3) is 0.750. The highest BCUT2D eigenvalue weighted by molar-refractivity contribution is 8.11. The van der Waals surface area contributed by atoms with Crippen molar-refractivity contribution in [1.82, 2.24) is 0 Å². The number of thioether (sulfide) groups is 1. The van der Waals surface area contributed by atoms with Crippen LogP contribution in [0, 0.1) is 0 Å². The van der Waals surface area contributed by atoms with Gasteiger partial charge in [0, 0.05) is 6.92 Å². The zero-order valence-electron chi connectivity index (χ0n) is 4.35. The normalized spacial score (nSPS) is 15.3. The first-order valence-electron chi connectivity index (χ1n) is 1.91. The van der Waals surface area contributed by atoms with Crippen LogP contribution in [-0.2, 0) is 4.42 Å². The largest absolute Gasteiger partial charge is 0.344 e. The zero-order chi connectivity index (χ0) is 5.70. The van der Waals surface area contributed by atoms with Crippen molar-refractivity contribution >= 4 is 29.0 Å². The zero-order valence-corrected chi connectivity index (χ0v) is 5.92. The first kappa shape index (κ1) is 7.31. The topological polar surface area (TPSA) is 11.3 Å². The van der Waals surface area contributed by atoms with E-state index < -0.39 is 0 Å². The van der Waals surface area contributed by atoms with Gasteiger partial charge in [0.2, 0.25) is 0 Å². The molecule has 1 nitrogen and oxygen atoms in total. The summed E-state index contributed by atoms with van der Waals surface area (Å²) in [5.74, 6) is 0. The van der Waals surface area contributed by atoms with Crippen LogP contribution in [0.1, 0.15) is 6.92 Å². The number of rotatable bonds is 2. The Morgan fingerprint density at radius 1 is 1.86 bits per heavy atom. The molecular formula is C4H8ClOS+. The predicted octanol–water partition coefficient (Wildman–Crippen LogP) is 1.66. The summed E-state index contributed by atoms with van der Waals surface area (Å²) in [6, 6.07) is 0. The van der Waals surface area contributed by atoms with Crippen molar-refractivity contribution in [2.45, 2.75) is 12.5 Å². The van der Waals surface area contributed by atoms with Crippen LogP contribution in [0.25, 0.3) is 0 Å². The number of halogens is 1. The third kappa shape index (κ3) is 6.31. The second-order valence-electron chi connectivity index (χ2n) is 1.01. The summed E-state index contributed by atoms with van der Waals surface area (Å²) in [6.45, 7) is 1.77. The molecule has 1 unspecified atom stereocenters. The first-order chi connectivity index (χ1) is 3.27. The fourth-order valence-corrected chi connectivity index (χ4v) is 0.522. The lowest BCUT2D eigenvalue weighted by atomic mass is 10.9. The van der Waals surface area contributed by atoms with Crippen molar-refractivity contribution < 1.29 is 4.42 Å². The maximum Gasteiger partial charge on any atom is 0.344 e. The maximum absolute atomic E-state index is 5.39. The molecule has 0 aromatic carbocycles. The Labute approximate surface area is 52.7 Å². The molecule has 0 aromatic heterocycles. The average molecular weight is 140 g/mol. The minimum Gasteiger partial charge on any atom is -0.237 e. The molecule has 0 aliphatic rings. The van der Waals surface area contributed by atoms with Gasteiger partial charge in [-0.25, -0.2) is 4.42 Å². The number of alkyl halides is 1. The molecule has 3 heteroatoms. The van der Waals surface area contributed by atoms with Crippen LogP contribution in [0.3, 0.4) is 0 Å². The number of hydrogen-bond donors (Lipinski definition) is 0. The van der Waals surface area contributed by atoms with Gasteiger partial charge in [0.25, 0.3) is 0 Å². The van der Waals surface area contributed by atoms with E-state index in [1.807, 2.05) is 6.26 Å². The maximum atomic E-state index is 5.39. The second-order valence-corrected chi connectivity index (χ2v) is 2.29. The van der Waals surface area contributed by atoms with E-state index in [0.29, 0.717) is 0 Å². The van der Waals surface area contributed by atoms with E-state index in [1.54, 1.807) is 12.5 Å². The van der Waals surface area contributed by atoms with E-state index in [1.165, 1.54) is 11.8 Å². The van der Waals surface area contributed by atoms with E-state index in [2.05, 4.69) is 0 Å². The molecule has 0 radical (unpaired) electrons. The molecule has 1 atom stereocenters. The molecule has 0 amide bonds. The molecule has 0 heterocycles. The van der Waals surface area contributed by atoms with Crippen molar-refractivity contribution in [3.05, 3.63) is 0 Å². The summed E-state index contributed by atoms with van der Waals surface area (Å²) in [5, 5.41) is 0. The molecule has 42 valence electrons. The summed E-state index contributed by atoms with van der Waals surface area (Å²) in [6.07, 6.45) is 1.92. The lowest BCUT2D eigenvalue weighted by molar-refractivity contribution is 0.0942. The van der Waals surface area contributed by atoms with Gasteiger partial charge in [-0.05, 0) is 29.6 Å². The Balaban J connectivity index is 3.08. The van der Waals surface area contributed by atoms with E-state index >= 15 is 0 Å². The quantitative estimate of drug-likeness (QED) is 0.322. The summed E-state index contributed by atoms with van der Waals surface area (Å²) in [4.78, 5) is 0. The van der Waals surface area contributed by atoms with Gasteiger partial charge in [-0.2, -0.15) is 0 Å². The third-order valence-electron chi connectivity index (χ3n) is 0.339. The van der Waals surface area contributed by atoms with Crippen molar-refractivity contribution in [2.75, 3.05) is 6.26 Å². The van der Waals surface area contributed by atoms with Gasteiger partial charge in [0.1, 0.15) is 0 Å². The molecular weight excluding hydrogens is 132 g/mol. The Morgan fingerprint density at radius 3 is 2.57 bits per heavy atom. The van der Waals surface area contributed by atoms with Crippen LogP contribution in [0.4, 0.5) is 0 Å². The number of hydrogen-bond acceptors (Lipinski definition) is 1. The van der Waals surface area contributed by atoms with E-state index in [9.17, 15) is 0 Å². The molecule has 7 heavy (non-hydrogen) atoms. The molecule has 0 bridgehead atoms. The minimum absolute atomic E-state index is 0.201. The summed E-state index contributed by atoms with van der Waals surface area (Å²) in [7, 11) is 0. The lowest BCUT2D eigenvalue weighted by Gasteiger charge is -1.73. The predicted molar refractivity (Wildman–Crippen MR) is 35.6 cm³/mol. The van der Waals surface area contributed by atoms with Crippen molar-refractivity contribution in [3.8, 4) is 0 Å². The molecule has 0 fully saturated rings. The van der Waals surface area contributed by atoms with E-state index in [0.717, 1.165) is 0 Å². The van der Waals surface area contributed by atoms with Crippen molar-refractivity contribution in [1.29, 1.82) is 0 Å². The minimum atomic E-state index is -0.201. The standard InChI is InChI=1S/C4H8ClOS/c1-4(5)6-3-7-2/h3-4H,1-2H3/q+1. The van der Waals surface area contributed by atoms with Gasteiger partial charge >= 0.3 is 11.2 Å². The highest BCUT2D eigenvalue weighted by Crippen LogP contribution is 1.90. The molecule has 0 saturated heterocycles.